The maximum absolute atomic E-state index is 12.0. The molecular weight excluding hydrogens is 354 g/mol. The average Bonchev–Trinajstić information content (AvgIpc) is 2.67. The summed E-state index contributed by atoms with van der Waals surface area (Å²) in [7, 11) is 0. The van der Waals surface area contributed by atoms with Crippen molar-refractivity contribution in [2.45, 2.75) is 53.9 Å². The first-order valence-electron chi connectivity index (χ1n) is 10.5. The molecular formula is C27H35NO. The number of benzene rings is 1. The molecule has 2 nitrogen and oxygen atoms in total. The maximum atomic E-state index is 12.0. The van der Waals surface area contributed by atoms with E-state index in [2.05, 4.69) is 63.4 Å². The predicted molar refractivity (Wildman–Crippen MR) is 125 cm³/mol. The van der Waals surface area contributed by atoms with E-state index in [0.717, 1.165) is 5.57 Å². The second-order valence-electron chi connectivity index (χ2n) is 8.56. The van der Waals surface area contributed by atoms with Crippen LogP contribution in [-0.4, -0.2) is 12.5 Å². The van der Waals surface area contributed by atoms with E-state index in [9.17, 15) is 4.79 Å². The highest BCUT2D eigenvalue weighted by Gasteiger charge is 2.26. The van der Waals surface area contributed by atoms with Crippen molar-refractivity contribution in [3.05, 3.63) is 94.6 Å². The van der Waals surface area contributed by atoms with E-state index in [1.165, 1.54) is 36.0 Å². The zero-order valence-corrected chi connectivity index (χ0v) is 18.6. The van der Waals surface area contributed by atoms with Crippen LogP contribution in [0, 0.1) is 5.41 Å². The van der Waals surface area contributed by atoms with Gasteiger partial charge in [-0.2, -0.15) is 0 Å². The molecule has 0 saturated heterocycles. The van der Waals surface area contributed by atoms with Gasteiger partial charge in [-0.05, 0) is 63.2 Å². The molecule has 2 heteroatoms. The summed E-state index contributed by atoms with van der Waals surface area (Å²) < 4.78 is 0. The Bertz CT molecular complexity index is 848. The number of hydrogen-bond acceptors (Lipinski definition) is 1. The molecule has 1 aliphatic carbocycles. The normalized spacial score (nSPS) is 18.0. The van der Waals surface area contributed by atoms with Crippen LogP contribution in [0.15, 0.2) is 89.1 Å². The first kappa shape index (κ1) is 22.7. The molecule has 1 amide bonds. The Morgan fingerprint density at radius 1 is 1.10 bits per heavy atom. The largest absolute Gasteiger partial charge is 0.349 e. The van der Waals surface area contributed by atoms with Gasteiger partial charge in [0.05, 0.1) is 0 Å². The Hall–Kier alpha value is -2.61. The predicted octanol–water partition coefficient (Wildman–Crippen LogP) is 6.95. The molecule has 0 unspecified atom stereocenters. The van der Waals surface area contributed by atoms with Crippen molar-refractivity contribution < 1.29 is 4.79 Å². The minimum atomic E-state index is -0.0465. The van der Waals surface area contributed by atoms with E-state index in [0.29, 0.717) is 12.1 Å². The molecule has 1 aromatic carbocycles. The summed E-state index contributed by atoms with van der Waals surface area (Å²) in [6.45, 7) is 11.7. The van der Waals surface area contributed by atoms with Crippen LogP contribution in [0.5, 0.6) is 0 Å². The number of carbonyl (C=O) groups excluding carboxylic acids is 1. The second kappa shape index (κ2) is 10.8. The fourth-order valence-electron chi connectivity index (χ4n) is 3.70. The van der Waals surface area contributed by atoms with Gasteiger partial charge in [-0.3, -0.25) is 4.79 Å². The second-order valence-corrected chi connectivity index (χ2v) is 8.56. The van der Waals surface area contributed by atoms with Crippen molar-refractivity contribution in [3.8, 4) is 0 Å². The van der Waals surface area contributed by atoms with E-state index < -0.39 is 0 Å². The van der Waals surface area contributed by atoms with Crippen LogP contribution in [-0.2, 0) is 0 Å². The van der Waals surface area contributed by atoms with Crippen molar-refractivity contribution in [2.24, 2.45) is 5.41 Å². The fraction of sp³-hybridized carbons (Fsp3) is 0.370. The lowest BCUT2D eigenvalue weighted by molar-refractivity contribution is 0.0958. The zero-order chi connectivity index (χ0) is 21.3. The van der Waals surface area contributed by atoms with Gasteiger partial charge in [0.25, 0.3) is 5.91 Å². The molecule has 0 saturated carbocycles. The van der Waals surface area contributed by atoms with Crippen molar-refractivity contribution in [1.82, 2.24) is 5.32 Å². The zero-order valence-electron chi connectivity index (χ0n) is 18.6. The molecule has 0 atom stereocenters. The van der Waals surface area contributed by atoms with Crippen LogP contribution in [0.25, 0.3) is 0 Å². The lowest BCUT2D eigenvalue weighted by Gasteiger charge is -2.32. The molecule has 1 N–H and O–H groups in total. The molecule has 29 heavy (non-hydrogen) atoms. The Balaban J connectivity index is 1.87. The topological polar surface area (TPSA) is 29.1 Å². The Morgan fingerprint density at radius 3 is 2.52 bits per heavy atom. The summed E-state index contributed by atoms with van der Waals surface area (Å²) in [5.41, 5.74) is 6.33. The molecule has 0 aromatic heterocycles. The summed E-state index contributed by atoms with van der Waals surface area (Å²) in [6, 6.07) is 9.28. The molecule has 154 valence electrons. The Kier molecular flexibility index (Phi) is 8.45. The number of amides is 1. The summed E-state index contributed by atoms with van der Waals surface area (Å²) in [5.74, 6) is -0.0465. The van der Waals surface area contributed by atoms with Crippen LogP contribution >= 0.6 is 0 Å². The van der Waals surface area contributed by atoms with Gasteiger partial charge in [0.2, 0.25) is 0 Å². The van der Waals surface area contributed by atoms with Crippen LogP contribution in [0.1, 0.15) is 64.2 Å². The molecule has 0 bridgehead atoms. The van der Waals surface area contributed by atoms with Gasteiger partial charge in [-0.1, -0.05) is 85.2 Å². The highest BCUT2D eigenvalue weighted by Crippen LogP contribution is 2.40. The first-order chi connectivity index (χ1) is 13.8. The van der Waals surface area contributed by atoms with Crippen LogP contribution in [0.4, 0.5) is 0 Å². The van der Waals surface area contributed by atoms with Crippen LogP contribution in [0.2, 0.25) is 0 Å². The van der Waals surface area contributed by atoms with Crippen LogP contribution in [0.3, 0.4) is 0 Å². The van der Waals surface area contributed by atoms with Gasteiger partial charge in [-0.25, -0.2) is 0 Å². The van der Waals surface area contributed by atoms with E-state index in [1.54, 1.807) is 0 Å². The van der Waals surface area contributed by atoms with E-state index >= 15 is 0 Å². The fourth-order valence-corrected chi connectivity index (χ4v) is 3.70. The molecule has 0 heterocycles. The van der Waals surface area contributed by atoms with Crippen molar-refractivity contribution in [1.29, 1.82) is 0 Å². The molecule has 0 fully saturated rings. The van der Waals surface area contributed by atoms with Crippen molar-refractivity contribution in [2.75, 3.05) is 6.54 Å². The maximum Gasteiger partial charge on any atom is 0.251 e. The van der Waals surface area contributed by atoms with Crippen molar-refractivity contribution >= 4 is 5.91 Å². The monoisotopic (exact) mass is 389 g/mol. The number of nitrogens with one attached hydrogen (secondary N) is 1. The van der Waals surface area contributed by atoms with Gasteiger partial charge in [0, 0.05) is 12.1 Å². The van der Waals surface area contributed by atoms with Gasteiger partial charge in [0.1, 0.15) is 0 Å². The van der Waals surface area contributed by atoms with Gasteiger partial charge < -0.3 is 5.32 Å². The van der Waals surface area contributed by atoms with Gasteiger partial charge >= 0.3 is 0 Å². The average molecular weight is 390 g/mol. The molecule has 0 aliphatic heterocycles. The minimum absolute atomic E-state index is 0.0465. The molecule has 2 rings (SSSR count). The number of rotatable bonds is 7. The molecule has 0 spiro atoms. The third-order valence-corrected chi connectivity index (χ3v) is 5.50. The number of hydrogen-bond donors (Lipinski definition) is 1. The summed E-state index contributed by atoms with van der Waals surface area (Å²) in [4.78, 5) is 12.0. The Labute approximate surface area is 176 Å². The molecule has 0 radical (unpaired) electrons. The van der Waals surface area contributed by atoms with Crippen molar-refractivity contribution in [3.63, 3.8) is 0 Å². The summed E-state index contributed by atoms with van der Waals surface area (Å²) in [6.07, 6.45) is 16.6. The standard InChI is InChI=1S/C27H35NO/c1-21(16-17-25-23(3)13-10-19-27(25,4)5)11-9-12-22(2)18-20-28-26(29)24-14-7-6-8-15-24/h6-9,11-12,14-18H,10,13,19-20H2,1-5H3,(H,28,29)/b12-9+,17-16+,21-11+,22-18+. The number of allylic oxidation sites excluding steroid dienone is 9. The summed E-state index contributed by atoms with van der Waals surface area (Å²) >= 11 is 0. The lowest BCUT2D eigenvalue weighted by atomic mass is 9.72. The highest BCUT2D eigenvalue weighted by atomic mass is 16.1. The first-order valence-corrected chi connectivity index (χ1v) is 10.5. The van der Waals surface area contributed by atoms with E-state index in [1.807, 2.05) is 43.3 Å². The quantitative estimate of drug-likeness (QED) is 0.502. The minimum Gasteiger partial charge on any atom is -0.349 e. The lowest BCUT2D eigenvalue weighted by Crippen LogP contribution is -2.23. The summed E-state index contributed by atoms with van der Waals surface area (Å²) in [5, 5.41) is 2.92. The third-order valence-electron chi connectivity index (χ3n) is 5.50. The van der Waals surface area contributed by atoms with E-state index in [4.69, 9.17) is 0 Å². The van der Waals surface area contributed by atoms with Gasteiger partial charge in [-0.15, -0.1) is 0 Å². The van der Waals surface area contributed by atoms with Crippen LogP contribution < -0.4 is 5.32 Å². The SMILES string of the molecule is CC1=C(/C=C/C(C)=C/C=C/C(C)=C/CNC(=O)c2ccccc2)C(C)(C)CCC1. The molecule has 1 aromatic rings. The smallest absolute Gasteiger partial charge is 0.251 e. The van der Waals surface area contributed by atoms with Gasteiger partial charge in [0.15, 0.2) is 0 Å². The van der Waals surface area contributed by atoms with E-state index in [-0.39, 0.29) is 11.3 Å². The number of carbonyl (C=O) groups is 1. The highest BCUT2D eigenvalue weighted by molar-refractivity contribution is 5.94. The Morgan fingerprint density at radius 2 is 1.83 bits per heavy atom. The molecule has 1 aliphatic rings. The third kappa shape index (κ3) is 7.38.